The monoisotopic (exact) mass is 283 g/mol. The molecule has 1 N–H and O–H groups in total. The van der Waals surface area contributed by atoms with E-state index in [0.717, 1.165) is 17.6 Å². The maximum atomic E-state index is 8.07. The lowest BCUT2D eigenvalue weighted by atomic mass is 9.99. The first-order chi connectivity index (χ1) is 10.0. The van der Waals surface area contributed by atoms with Crippen molar-refractivity contribution in [2.75, 3.05) is 0 Å². The SMILES string of the molecule is CCC(C)/C(C)=C\C(=N)c1nc(-c2ccc(C)cc2)no1. The third-order valence-corrected chi connectivity index (χ3v) is 3.73. The van der Waals surface area contributed by atoms with Gasteiger partial charge in [0.2, 0.25) is 5.82 Å². The molecule has 2 aromatic rings. The number of hydrogen-bond donors (Lipinski definition) is 1. The summed E-state index contributed by atoms with van der Waals surface area (Å²) < 4.78 is 5.20. The van der Waals surface area contributed by atoms with Gasteiger partial charge in [0.05, 0.1) is 0 Å². The molecule has 21 heavy (non-hydrogen) atoms. The van der Waals surface area contributed by atoms with Crippen LogP contribution >= 0.6 is 0 Å². The summed E-state index contributed by atoms with van der Waals surface area (Å²) in [7, 11) is 0. The van der Waals surface area contributed by atoms with Crippen molar-refractivity contribution >= 4 is 5.71 Å². The number of aryl methyl sites for hydroxylation is 1. The van der Waals surface area contributed by atoms with Crippen LogP contribution in [0.15, 0.2) is 40.4 Å². The predicted octanol–water partition coefficient (Wildman–Crippen LogP) is 4.41. The summed E-state index contributed by atoms with van der Waals surface area (Å²) in [4.78, 5) is 4.30. The second kappa shape index (κ2) is 6.48. The number of benzene rings is 1. The van der Waals surface area contributed by atoms with Crippen LogP contribution in [0.4, 0.5) is 0 Å². The molecule has 2 rings (SSSR count). The van der Waals surface area contributed by atoms with Crippen LogP contribution in [-0.4, -0.2) is 15.9 Å². The average molecular weight is 283 g/mol. The van der Waals surface area contributed by atoms with E-state index in [9.17, 15) is 0 Å². The van der Waals surface area contributed by atoms with E-state index in [1.54, 1.807) is 6.08 Å². The third-order valence-electron chi connectivity index (χ3n) is 3.73. The number of aromatic nitrogens is 2. The Labute approximate surface area is 125 Å². The molecule has 0 saturated heterocycles. The smallest absolute Gasteiger partial charge is 0.276 e. The lowest BCUT2D eigenvalue weighted by Crippen LogP contribution is -2.01. The van der Waals surface area contributed by atoms with E-state index in [-0.39, 0.29) is 11.6 Å². The Balaban J connectivity index is 2.20. The van der Waals surface area contributed by atoms with Gasteiger partial charge in [0.25, 0.3) is 5.89 Å². The molecule has 0 spiro atoms. The molecule has 0 aliphatic carbocycles. The minimum atomic E-state index is 0.258. The first kappa shape index (κ1) is 15.2. The van der Waals surface area contributed by atoms with Crippen LogP contribution in [0.25, 0.3) is 11.4 Å². The van der Waals surface area contributed by atoms with Gasteiger partial charge >= 0.3 is 0 Å². The Morgan fingerprint density at radius 1 is 1.33 bits per heavy atom. The zero-order chi connectivity index (χ0) is 15.4. The number of rotatable bonds is 5. The minimum absolute atomic E-state index is 0.258. The van der Waals surface area contributed by atoms with Crippen LogP contribution in [0.5, 0.6) is 0 Å². The molecule has 1 aromatic carbocycles. The van der Waals surface area contributed by atoms with E-state index in [2.05, 4.69) is 24.0 Å². The Morgan fingerprint density at radius 2 is 2.00 bits per heavy atom. The quantitative estimate of drug-likeness (QED) is 0.827. The van der Waals surface area contributed by atoms with Crippen molar-refractivity contribution in [3.05, 3.63) is 47.4 Å². The number of hydrogen-bond acceptors (Lipinski definition) is 4. The van der Waals surface area contributed by atoms with Gasteiger partial charge in [0, 0.05) is 5.56 Å². The highest BCUT2D eigenvalue weighted by Crippen LogP contribution is 2.18. The van der Waals surface area contributed by atoms with Crippen LogP contribution in [0, 0.1) is 18.3 Å². The molecule has 0 bridgehead atoms. The van der Waals surface area contributed by atoms with Crippen LogP contribution in [0.3, 0.4) is 0 Å². The van der Waals surface area contributed by atoms with E-state index in [4.69, 9.17) is 9.93 Å². The Kier molecular flexibility index (Phi) is 4.68. The second-order valence-electron chi connectivity index (χ2n) is 5.40. The molecular weight excluding hydrogens is 262 g/mol. The fraction of sp³-hybridized carbons (Fsp3) is 0.353. The summed E-state index contributed by atoms with van der Waals surface area (Å²) >= 11 is 0. The first-order valence-corrected chi connectivity index (χ1v) is 7.19. The normalized spacial score (nSPS) is 13.2. The molecule has 0 amide bonds. The highest BCUT2D eigenvalue weighted by atomic mass is 16.5. The summed E-state index contributed by atoms with van der Waals surface area (Å²) in [5.41, 5.74) is 3.49. The van der Waals surface area contributed by atoms with Gasteiger partial charge in [-0.1, -0.05) is 54.4 Å². The lowest BCUT2D eigenvalue weighted by molar-refractivity contribution is 0.412. The van der Waals surface area contributed by atoms with Crippen molar-refractivity contribution in [3.8, 4) is 11.4 Å². The van der Waals surface area contributed by atoms with E-state index in [0.29, 0.717) is 11.7 Å². The molecule has 1 aromatic heterocycles. The fourth-order valence-corrected chi connectivity index (χ4v) is 1.91. The summed E-state index contributed by atoms with van der Waals surface area (Å²) in [5.74, 6) is 1.22. The fourth-order valence-electron chi connectivity index (χ4n) is 1.91. The van der Waals surface area contributed by atoms with E-state index in [1.807, 2.05) is 38.1 Å². The molecule has 1 unspecified atom stereocenters. The average Bonchev–Trinajstić information content (AvgIpc) is 2.97. The van der Waals surface area contributed by atoms with Crippen molar-refractivity contribution in [1.82, 2.24) is 10.1 Å². The number of nitrogens with one attached hydrogen (secondary N) is 1. The zero-order valence-electron chi connectivity index (χ0n) is 13.0. The summed E-state index contributed by atoms with van der Waals surface area (Å²) in [6.07, 6.45) is 2.86. The first-order valence-electron chi connectivity index (χ1n) is 7.19. The molecule has 4 heteroatoms. The lowest BCUT2D eigenvalue weighted by Gasteiger charge is -2.07. The standard InChI is InChI=1S/C17H21N3O/c1-5-12(3)13(4)10-15(18)17-19-16(20-21-17)14-8-6-11(2)7-9-14/h6-10,12,18H,5H2,1-4H3/b13-10-,18-15?. The van der Waals surface area contributed by atoms with Crippen LogP contribution in [-0.2, 0) is 0 Å². The largest absolute Gasteiger partial charge is 0.332 e. The van der Waals surface area contributed by atoms with Gasteiger partial charge in [-0.15, -0.1) is 0 Å². The third kappa shape index (κ3) is 3.66. The highest BCUT2D eigenvalue weighted by molar-refractivity contribution is 6.03. The van der Waals surface area contributed by atoms with Gasteiger partial charge in [0.1, 0.15) is 5.71 Å². The molecule has 0 fully saturated rings. The zero-order valence-corrected chi connectivity index (χ0v) is 13.0. The summed E-state index contributed by atoms with van der Waals surface area (Å²) in [6.45, 7) is 8.34. The molecule has 0 aliphatic rings. The molecule has 1 heterocycles. The van der Waals surface area contributed by atoms with Crippen LogP contribution < -0.4 is 0 Å². The van der Waals surface area contributed by atoms with Crippen LogP contribution in [0.1, 0.15) is 38.6 Å². The highest BCUT2D eigenvalue weighted by Gasteiger charge is 2.12. The Bertz CT molecular complexity index is 653. The van der Waals surface area contributed by atoms with E-state index >= 15 is 0 Å². The van der Waals surface area contributed by atoms with Crippen molar-refractivity contribution in [2.45, 2.75) is 34.1 Å². The molecule has 4 nitrogen and oxygen atoms in total. The van der Waals surface area contributed by atoms with E-state index in [1.165, 1.54) is 5.56 Å². The van der Waals surface area contributed by atoms with Gasteiger partial charge in [-0.3, -0.25) is 5.41 Å². The molecule has 1 atom stereocenters. The Morgan fingerprint density at radius 3 is 2.62 bits per heavy atom. The molecule has 0 saturated carbocycles. The van der Waals surface area contributed by atoms with Gasteiger partial charge < -0.3 is 4.52 Å². The second-order valence-corrected chi connectivity index (χ2v) is 5.40. The van der Waals surface area contributed by atoms with Crippen molar-refractivity contribution in [3.63, 3.8) is 0 Å². The van der Waals surface area contributed by atoms with Gasteiger partial charge in [-0.25, -0.2) is 0 Å². The molecule has 110 valence electrons. The van der Waals surface area contributed by atoms with Crippen molar-refractivity contribution in [2.24, 2.45) is 5.92 Å². The van der Waals surface area contributed by atoms with Gasteiger partial charge in [-0.05, 0) is 32.3 Å². The predicted molar refractivity (Wildman–Crippen MR) is 84.5 cm³/mol. The Hall–Kier alpha value is -2.23. The van der Waals surface area contributed by atoms with Crippen molar-refractivity contribution in [1.29, 1.82) is 5.41 Å². The number of allylic oxidation sites excluding steroid dienone is 2. The van der Waals surface area contributed by atoms with Gasteiger partial charge in [-0.2, -0.15) is 4.98 Å². The topological polar surface area (TPSA) is 62.8 Å². The maximum Gasteiger partial charge on any atom is 0.276 e. The molecular formula is C17H21N3O. The molecule has 0 aliphatic heterocycles. The van der Waals surface area contributed by atoms with Crippen LogP contribution in [0.2, 0.25) is 0 Å². The van der Waals surface area contributed by atoms with Gasteiger partial charge in [0.15, 0.2) is 0 Å². The minimum Gasteiger partial charge on any atom is -0.332 e. The van der Waals surface area contributed by atoms with E-state index < -0.39 is 0 Å². The molecule has 0 radical (unpaired) electrons. The maximum absolute atomic E-state index is 8.07. The summed E-state index contributed by atoms with van der Waals surface area (Å²) in [5, 5.41) is 12.0. The summed E-state index contributed by atoms with van der Waals surface area (Å²) in [6, 6.07) is 7.91. The van der Waals surface area contributed by atoms with Crippen molar-refractivity contribution < 1.29 is 4.52 Å². The number of nitrogens with zero attached hydrogens (tertiary/aromatic N) is 2.